The molecule has 1 aliphatic rings. The van der Waals surface area contributed by atoms with E-state index in [1.807, 2.05) is 13.8 Å². The van der Waals surface area contributed by atoms with Crippen LogP contribution in [-0.4, -0.2) is 64.5 Å². The minimum atomic E-state index is -4.16. The number of anilines is 1. The number of aliphatic carboxylic acids is 1. The van der Waals surface area contributed by atoms with Crippen molar-refractivity contribution in [2.45, 2.75) is 58.0 Å². The molecular formula is C25H31N7O5S. The van der Waals surface area contributed by atoms with E-state index in [0.29, 0.717) is 17.7 Å². The van der Waals surface area contributed by atoms with E-state index in [2.05, 4.69) is 36.6 Å². The molecule has 2 aromatic heterocycles. The van der Waals surface area contributed by atoms with Crippen LogP contribution in [0.3, 0.4) is 0 Å². The summed E-state index contributed by atoms with van der Waals surface area (Å²) >= 11 is 0. The number of carboxylic acid groups (broad SMARTS) is 1. The number of hydrogen-bond donors (Lipinski definition) is 4. The minimum Gasteiger partial charge on any atom is -0.480 e. The van der Waals surface area contributed by atoms with Gasteiger partial charge in [0.05, 0.1) is 17.6 Å². The maximum atomic E-state index is 13.0. The molecule has 0 saturated carbocycles. The van der Waals surface area contributed by atoms with E-state index in [1.165, 1.54) is 11.0 Å². The van der Waals surface area contributed by atoms with Crippen molar-refractivity contribution in [3.63, 3.8) is 0 Å². The van der Waals surface area contributed by atoms with Crippen LogP contribution >= 0.6 is 0 Å². The van der Waals surface area contributed by atoms with Gasteiger partial charge < -0.3 is 15.7 Å². The predicted octanol–water partition coefficient (Wildman–Crippen LogP) is 1.47. The Morgan fingerprint density at radius 3 is 2.55 bits per heavy atom. The van der Waals surface area contributed by atoms with Crippen LogP contribution in [0.1, 0.15) is 50.4 Å². The molecule has 3 heterocycles. The quantitative estimate of drug-likeness (QED) is 0.313. The van der Waals surface area contributed by atoms with Gasteiger partial charge in [0.2, 0.25) is 10.0 Å². The van der Waals surface area contributed by atoms with Crippen LogP contribution in [-0.2, 0) is 27.8 Å². The van der Waals surface area contributed by atoms with E-state index >= 15 is 0 Å². The third-order valence-electron chi connectivity index (χ3n) is 6.33. The molecule has 1 aliphatic heterocycles. The Morgan fingerprint density at radius 1 is 1.16 bits per heavy atom. The number of amides is 1. The lowest BCUT2D eigenvalue weighted by molar-refractivity contribution is -0.138. The first kappa shape index (κ1) is 27.2. The largest absolute Gasteiger partial charge is 0.480 e. The molecule has 0 spiro atoms. The van der Waals surface area contributed by atoms with Gasteiger partial charge in [-0.25, -0.2) is 13.4 Å². The topological polar surface area (TPSA) is 168 Å². The highest BCUT2D eigenvalue weighted by molar-refractivity contribution is 7.89. The first-order valence-corrected chi connectivity index (χ1v) is 13.7. The molecule has 4 N–H and O–H groups in total. The van der Waals surface area contributed by atoms with Gasteiger partial charge in [-0.3, -0.25) is 9.59 Å². The van der Waals surface area contributed by atoms with Gasteiger partial charge in [0.25, 0.3) is 5.91 Å². The van der Waals surface area contributed by atoms with Crippen molar-refractivity contribution in [3.8, 4) is 0 Å². The summed E-state index contributed by atoms with van der Waals surface area (Å²) in [4.78, 5) is 30.5. The molecule has 0 saturated heterocycles. The van der Waals surface area contributed by atoms with Gasteiger partial charge in [-0.05, 0) is 68.9 Å². The second-order valence-corrected chi connectivity index (χ2v) is 11.1. The first-order valence-electron chi connectivity index (χ1n) is 12.2. The molecule has 0 bridgehead atoms. The van der Waals surface area contributed by atoms with Crippen molar-refractivity contribution in [2.24, 2.45) is 0 Å². The van der Waals surface area contributed by atoms with Gasteiger partial charge in [-0.2, -0.15) is 14.6 Å². The van der Waals surface area contributed by atoms with Crippen molar-refractivity contribution >= 4 is 27.7 Å². The third kappa shape index (κ3) is 6.00. The number of carbonyl (C=O) groups is 2. The van der Waals surface area contributed by atoms with Crippen molar-refractivity contribution in [2.75, 3.05) is 18.4 Å². The van der Waals surface area contributed by atoms with Crippen LogP contribution < -0.4 is 15.4 Å². The smallest absolute Gasteiger partial charge is 0.323 e. The van der Waals surface area contributed by atoms with Crippen LogP contribution in [0, 0.1) is 27.7 Å². The fourth-order valence-electron chi connectivity index (χ4n) is 4.62. The van der Waals surface area contributed by atoms with Crippen molar-refractivity contribution in [1.82, 2.24) is 30.0 Å². The average Bonchev–Trinajstić information content (AvgIpc) is 3.29. The summed E-state index contributed by atoms with van der Waals surface area (Å²) in [6.45, 7) is 7.76. The molecule has 4 rings (SSSR count). The molecule has 1 atom stereocenters. The summed E-state index contributed by atoms with van der Waals surface area (Å²) in [5.41, 5.74) is 4.76. The van der Waals surface area contributed by atoms with E-state index in [4.69, 9.17) is 0 Å². The van der Waals surface area contributed by atoms with Gasteiger partial charge >= 0.3 is 5.97 Å². The van der Waals surface area contributed by atoms with Crippen LogP contribution in [0.5, 0.6) is 0 Å². The second kappa shape index (κ2) is 10.9. The van der Waals surface area contributed by atoms with E-state index < -0.39 is 34.5 Å². The Hall–Kier alpha value is -3.84. The number of benzene rings is 1. The molecule has 1 aromatic carbocycles. The zero-order valence-electron chi connectivity index (χ0n) is 21.7. The van der Waals surface area contributed by atoms with Gasteiger partial charge in [0, 0.05) is 18.8 Å². The Morgan fingerprint density at radius 2 is 1.87 bits per heavy atom. The summed E-state index contributed by atoms with van der Waals surface area (Å²) < 4.78 is 28.2. The summed E-state index contributed by atoms with van der Waals surface area (Å²) in [6.07, 6.45) is 3.23. The normalized spacial score (nSPS) is 13.9. The molecular weight excluding hydrogens is 510 g/mol. The maximum absolute atomic E-state index is 13.0. The molecule has 1 unspecified atom stereocenters. The van der Waals surface area contributed by atoms with Crippen LogP contribution in [0.15, 0.2) is 29.3 Å². The maximum Gasteiger partial charge on any atom is 0.323 e. The van der Waals surface area contributed by atoms with E-state index in [1.54, 1.807) is 26.0 Å². The molecule has 12 nitrogen and oxygen atoms in total. The highest BCUT2D eigenvalue weighted by Gasteiger charge is 2.28. The van der Waals surface area contributed by atoms with Gasteiger partial charge in [0.1, 0.15) is 11.9 Å². The SMILES string of the molecule is Cc1cc(C)c(S(=O)(=O)NC(CNC(=O)c2cnn(Cc3cc4c(nc3C)NCCC4)n2)C(=O)O)c(C)c1. The molecule has 0 radical (unpaired) electrons. The molecule has 1 amide bonds. The lowest BCUT2D eigenvalue weighted by atomic mass is 10.0. The van der Waals surface area contributed by atoms with Crippen LogP contribution in [0.4, 0.5) is 5.82 Å². The van der Waals surface area contributed by atoms with E-state index in [-0.39, 0.29) is 10.6 Å². The monoisotopic (exact) mass is 541 g/mol. The van der Waals surface area contributed by atoms with Crippen LogP contribution in [0.2, 0.25) is 0 Å². The minimum absolute atomic E-state index is 0.0198. The Labute approximate surface area is 220 Å². The lowest BCUT2D eigenvalue weighted by Gasteiger charge is -2.19. The number of fused-ring (bicyclic) bond motifs is 1. The molecule has 202 valence electrons. The molecule has 0 fully saturated rings. The Kier molecular flexibility index (Phi) is 7.78. The standard InChI is InChI=1S/C25H31N7O5S/c1-14-8-15(2)22(16(3)9-14)38(36,37)31-21(25(34)35)11-27-24(33)20-12-28-32(30-20)13-19-10-18-6-5-7-26-23(18)29-17(19)4/h8-10,12,21,31H,5-7,11,13H2,1-4H3,(H,26,29)(H,27,33)(H,34,35). The molecule has 3 aromatic rings. The predicted molar refractivity (Wildman–Crippen MR) is 140 cm³/mol. The van der Waals surface area contributed by atoms with Gasteiger partial charge in [-0.15, -0.1) is 5.10 Å². The van der Waals surface area contributed by atoms with Crippen LogP contribution in [0.25, 0.3) is 0 Å². The summed E-state index contributed by atoms with van der Waals surface area (Å²) in [5, 5.41) is 23.7. The highest BCUT2D eigenvalue weighted by atomic mass is 32.2. The number of aromatic nitrogens is 4. The number of hydrogen-bond acceptors (Lipinski definition) is 8. The number of nitrogens with zero attached hydrogens (tertiary/aromatic N) is 4. The Balaban J connectivity index is 1.42. The van der Waals surface area contributed by atoms with Crippen molar-refractivity contribution in [3.05, 3.63) is 63.6 Å². The average molecular weight is 542 g/mol. The van der Waals surface area contributed by atoms with E-state index in [0.717, 1.165) is 47.6 Å². The zero-order chi connectivity index (χ0) is 27.6. The first-order chi connectivity index (χ1) is 17.9. The number of pyridine rings is 1. The van der Waals surface area contributed by atoms with Gasteiger partial charge in [0.15, 0.2) is 5.69 Å². The molecule has 13 heteroatoms. The van der Waals surface area contributed by atoms with Crippen molar-refractivity contribution in [1.29, 1.82) is 0 Å². The number of carboxylic acids is 1. The summed E-state index contributed by atoms with van der Waals surface area (Å²) in [6, 6.07) is 3.90. The lowest BCUT2D eigenvalue weighted by Crippen LogP contribution is -2.48. The molecule has 38 heavy (non-hydrogen) atoms. The zero-order valence-corrected chi connectivity index (χ0v) is 22.5. The number of nitrogens with one attached hydrogen (secondary N) is 3. The fraction of sp³-hybridized carbons (Fsp3) is 0.400. The highest BCUT2D eigenvalue weighted by Crippen LogP contribution is 2.23. The second-order valence-electron chi connectivity index (χ2n) is 9.48. The third-order valence-corrected chi connectivity index (χ3v) is 8.10. The van der Waals surface area contributed by atoms with Gasteiger partial charge in [-0.1, -0.05) is 17.7 Å². The summed E-state index contributed by atoms with van der Waals surface area (Å²) in [7, 11) is -4.16. The fourth-order valence-corrected chi connectivity index (χ4v) is 6.26. The Bertz CT molecular complexity index is 1480. The van der Waals surface area contributed by atoms with Crippen molar-refractivity contribution < 1.29 is 23.1 Å². The number of sulfonamides is 1. The number of rotatable bonds is 9. The number of aryl methyl sites for hydroxylation is 5. The van der Waals surface area contributed by atoms with E-state index in [9.17, 15) is 23.1 Å². The molecule has 0 aliphatic carbocycles. The summed E-state index contributed by atoms with van der Waals surface area (Å²) in [5.74, 6) is -1.21. The number of carbonyl (C=O) groups excluding carboxylic acids is 1.